The minimum absolute atomic E-state index is 0.0576. The lowest BCUT2D eigenvalue weighted by Gasteiger charge is -2.31. The highest BCUT2D eigenvalue weighted by Crippen LogP contribution is 2.43. The van der Waals surface area contributed by atoms with Gasteiger partial charge in [0, 0.05) is 19.8 Å². The monoisotopic (exact) mass is 623 g/mol. The molecule has 0 bridgehead atoms. The van der Waals surface area contributed by atoms with Crippen molar-refractivity contribution in [2.75, 3.05) is 47.4 Å². The van der Waals surface area contributed by atoms with E-state index >= 15 is 0 Å². The Kier molecular flexibility index (Phi) is 8.54. The molecule has 4 aromatic rings. The van der Waals surface area contributed by atoms with Crippen LogP contribution in [0, 0.1) is 0 Å². The number of fused-ring (bicyclic) bond motifs is 1. The summed E-state index contributed by atoms with van der Waals surface area (Å²) in [5.41, 5.74) is 7.15. The highest BCUT2D eigenvalue weighted by Gasteiger charge is 2.33. The van der Waals surface area contributed by atoms with Crippen LogP contribution in [0.2, 0.25) is 0 Å². The van der Waals surface area contributed by atoms with Crippen LogP contribution in [0.25, 0.3) is 12.2 Å². The first-order valence-corrected chi connectivity index (χ1v) is 15.6. The number of benzene rings is 3. The Hall–Kier alpha value is -4.76. The Bertz CT molecular complexity index is 1990. The van der Waals surface area contributed by atoms with Crippen molar-refractivity contribution < 1.29 is 18.9 Å². The van der Waals surface area contributed by atoms with Gasteiger partial charge in [-0.1, -0.05) is 35.6 Å². The molecule has 0 saturated carbocycles. The van der Waals surface area contributed by atoms with Crippen molar-refractivity contribution in [3.8, 4) is 23.0 Å². The summed E-state index contributed by atoms with van der Waals surface area (Å²) in [5, 5.41) is 0. The summed E-state index contributed by atoms with van der Waals surface area (Å²) in [5.74, 6) is 2.62. The molecule has 232 valence electrons. The summed E-state index contributed by atoms with van der Waals surface area (Å²) in [7, 11) is 10.5. The van der Waals surface area contributed by atoms with Crippen molar-refractivity contribution in [2.45, 2.75) is 25.3 Å². The van der Waals surface area contributed by atoms with E-state index in [0.717, 1.165) is 58.5 Å². The topological polar surface area (TPSA) is 74.5 Å². The number of thiazole rings is 1. The lowest BCUT2D eigenvalue weighted by atomic mass is 9.83. The molecule has 0 amide bonds. The van der Waals surface area contributed by atoms with E-state index in [2.05, 4.69) is 23.1 Å². The van der Waals surface area contributed by atoms with Crippen LogP contribution in [0.4, 0.5) is 5.69 Å². The summed E-state index contributed by atoms with van der Waals surface area (Å²) in [6, 6.07) is 19.7. The molecule has 9 heteroatoms. The van der Waals surface area contributed by atoms with Crippen LogP contribution in [0.3, 0.4) is 0 Å². The molecule has 2 aliphatic rings. The van der Waals surface area contributed by atoms with Crippen LogP contribution in [-0.2, 0) is 0 Å². The lowest BCUT2D eigenvalue weighted by Crippen LogP contribution is -2.39. The molecule has 1 aliphatic heterocycles. The van der Waals surface area contributed by atoms with Gasteiger partial charge in [0.15, 0.2) is 27.8 Å². The summed E-state index contributed by atoms with van der Waals surface area (Å²) >= 11 is 1.42. The lowest BCUT2D eigenvalue weighted by molar-refractivity contribution is 0.354. The van der Waals surface area contributed by atoms with E-state index in [4.69, 9.17) is 23.9 Å². The van der Waals surface area contributed by atoms with Gasteiger partial charge in [0.05, 0.1) is 44.7 Å². The maximum atomic E-state index is 14.2. The molecule has 0 saturated heterocycles. The number of allylic oxidation sites excluding steroid dienone is 2. The van der Waals surface area contributed by atoms with Gasteiger partial charge in [-0.15, -0.1) is 0 Å². The molecule has 0 spiro atoms. The molecule has 0 N–H and O–H groups in total. The van der Waals surface area contributed by atoms with E-state index in [9.17, 15) is 4.79 Å². The average molecular weight is 624 g/mol. The smallest absolute Gasteiger partial charge is 0.271 e. The van der Waals surface area contributed by atoms with Gasteiger partial charge in [-0.25, -0.2) is 4.99 Å². The largest absolute Gasteiger partial charge is 0.493 e. The molecule has 3 aromatic carbocycles. The molecule has 1 aliphatic carbocycles. The first-order chi connectivity index (χ1) is 21.8. The van der Waals surface area contributed by atoms with Crippen LogP contribution in [0.5, 0.6) is 23.0 Å². The van der Waals surface area contributed by atoms with E-state index in [-0.39, 0.29) is 11.6 Å². The molecule has 0 fully saturated rings. The van der Waals surface area contributed by atoms with Crippen molar-refractivity contribution in [3.63, 3.8) is 0 Å². The standard InChI is InChI=1S/C36H37N3O5S/c1-38(2)26-14-10-22(11-15-26)20-32-35(40)39-34(25-13-17-29(42-4)31(21-25)44-6)27-9-7-8-24(33(27)37-36(39)45-32)18-23-12-16-28(41-3)30(19-23)43-5/h10-21,34H,7-9H2,1-6H3/b24-18+,32-20-. The second-order valence-corrected chi connectivity index (χ2v) is 12.2. The fourth-order valence-electron chi connectivity index (χ4n) is 6.04. The number of ether oxygens (including phenoxy) is 4. The number of hydrogen-bond acceptors (Lipinski definition) is 8. The fraction of sp³-hybridized carbons (Fsp3) is 0.278. The van der Waals surface area contributed by atoms with Crippen molar-refractivity contribution in [2.24, 2.45) is 4.99 Å². The van der Waals surface area contributed by atoms with Gasteiger partial charge in [0.1, 0.15) is 0 Å². The number of aromatic nitrogens is 1. The Labute approximate surface area is 266 Å². The zero-order chi connectivity index (χ0) is 31.7. The quantitative estimate of drug-likeness (QED) is 0.255. The van der Waals surface area contributed by atoms with Crippen LogP contribution in [-0.4, -0.2) is 47.1 Å². The first kappa shape index (κ1) is 30.3. The summed E-state index contributed by atoms with van der Waals surface area (Å²) in [6.07, 6.45) is 6.78. The third-order valence-corrected chi connectivity index (χ3v) is 9.30. The minimum atomic E-state index is -0.330. The first-order valence-electron chi connectivity index (χ1n) is 14.8. The van der Waals surface area contributed by atoms with E-state index in [1.807, 2.05) is 73.3 Å². The predicted octanol–water partition coefficient (Wildman–Crippen LogP) is 5.58. The van der Waals surface area contributed by atoms with Crippen molar-refractivity contribution in [3.05, 3.63) is 114 Å². The third kappa shape index (κ3) is 5.76. The fourth-order valence-corrected chi connectivity index (χ4v) is 7.04. The summed E-state index contributed by atoms with van der Waals surface area (Å²) in [6.45, 7) is 0. The zero-order valence-electron chi connectivity index (χ0n) is 26.4. The van der Waals surface area contributed by atoms with Gasteiger partial charge in [0.25, 0.3) is 5.56 Å². The highest BCUT2D eigenvalue weighted by molar-refractivity contribution is 7.07. The van der Waals surface area contributed by atoms with Crippen LogP contribution >= 0.6 is 11.3 Å². The molecule has 8 nitrogen and oxygen atoms in total. The highest BCUT2D eigenvalue weighted by atomic mass is 32.1. The molecule has 1 unspecified atom stereocenters. The summed E-state index contributed by atoms with van der Waals surface area (Å²) < 4.78 is 24.7. The maximum absolute atomic E-state index is 14.2. The van der Waals surface area contributed by atoms with Gasteiger partial charge >= 0.3 is 0 Å². The predicted molar refractivity (Wildman–Crippen MR) is 180 cm³/mol. The Morgan fingerprint density at radius 2 is 1.44 bits per heavy atom. The molecular weight excluding hydrogens is 586 g/mol. The minimum Gasteiger partial charge on any atom is -0.493 e. The number of hydrogen-bond donors (Lipinski definition) is 0. The van der Waals surface area contributed by atoms with E-state index in [0.29, 0.717) is 32.3 Å². The normalized spacial score (nSPS) is 17.0. The SMILES string of the molecule is COc1ccc(/C=C2\CCCC3=C2N=c2s/c(=C\c4ccc(N(C)C)cc4)c(=O)n2C3c2ccc(OC)c(OC)c2)cc1OC. The van der Waals surface area contributed by atoms with Crippen molar-refractivity contribution >= 4 is 29.2 Å². The Balaban J connectivity index is 1.55. The number of nitrogens with zero attached hydrogens (tertiary/aromatic N) is 3. The van der Waals surface area contributed by atoms with Gasteiger partial charge < -0.3 is 23.8 Å². The number of methoxy groups -OCH3 is 4. The van der Waals surface area contributed by atoms with Gasteiger partial charge in [-0.3, -0.25) is 9.36 Å². The van der Waals surface area contributed by atoms with Crippen LogP contribution in [0.15, 0.2) is 87.3 Å². The van der Waals surface area contributed by atoms with Gasteiger partial charge in [0.2, 0.25) is 0 Å². The number of anilines is 1. The Morgan fingerprint density at radius 1 is 0.800 bits per heavy atom. The molecule has 6 rings (SSSR count). The second kappa shape index (κ2) is 12.7. The average Bonchev–Trinajstić information content (AvgIpc) is 3.37. The molecule has 2 heterocycles. The van der Waals surface area contributed by atoms with E-state index in [1.54, 1.807) is 28.4 Å². The maximum Gasteiger partial charge on any atom is 0.271 e. The van der Waals surface area contributed by atoms with Crippen LogP contribution in [0.1, 0.15) is 42.0 Å². The third-order valence-electron chi connectivity index (χ3n) is 8.31. The summed E-state index contributed by atoms with van der Waals surface area (Å²) in [4.78, 5) is 22.1. The van der Waals surface area contributed by atoms with Gasteiger partial charge in [-0.05, 0) is 95.6 Å². The second-order valence-electron chi connectivity index (χ2n) is 11.2. The molecular formula is C36H37N3O5S. The zero-order valence-corrected chi connectivity index (χ0v) is 27.2. The van der Waals surface area contributed by atoms with Crippen molar-refractivity contribution in [1.29, 1.82) is 0 Å². The van der Waals surface area contributed by atoms with Crippen LogP contribution < -0.4 is 38.7 Å². The van der Waals surface area contributed by atoms with E-state index < -0.39 is 0 Å². The number of rotatable bonds is 8. The Morgan fingerprint density at radius 3 is 2.11 bits per heavy atom. The molecule has 1 atom stereocenters. The molecule has 1 aromatic heterocycles. The van der Waals surface area contributed by atoms with Crippen molar-refractivity contribution in [1.82, 2.24) is 4.57 Å². The molecule has 0 radical (unpaired) electrons. The molecule has 45 heavy (non-hydrogen) atoms. The van der Waals surface area contributed by atoms with Gasteiger partial charge in [-0.2, -0.15) is 0 Å². The van der Waals surface area contributed by atoms with E-state index in [1.165, 1.54) is 11.3 Å².